The molecule has 1 aromatic carbocycles. The number of hydrogen-bond donors (Lipinski definition) is 2. The van der Waals surface area contributed by atoms with Crippen molar-refractivity contribution in [2.75, 3.05) is 18.4 Å². The fourth-order valence-electron chi connectivity index (χ4n) is 2.62. The van der Waals surface area contributed by atoms with Crippen molar-refractivity contribution in [2.45, 2.75) is 50.8 Å². The van der Waals surface area contributed by atoms with E-state index in [1.54, 1.807) is 12.1 Å². The molecular formula is C16H25N3O4S. The summed E-state index contributed by atoms with van der Waals surface area (Å²) in [7, 11) is -3.57. The summed E-state index contributed by atoms with van der Waals surface area (Å²) < 4.78 is 32.5. The second-order valence-electron chi connectivity index (χ2n) is 6.36. The van der Waals surface area contributed by atoms with Gasteiger partial charge < -0.3 is 15.4 Å². The van der Waals surface area contributed by atoms with Crippen LogP contribution < -0.4 is 10.6 Å². The molecule has 8 heteroatoms. The van der Waals surface area contributed by atoms with Crippen molar-refractivity contribution in [1.82, 2.24) is 9.62 Å². The molecule has 0 saturated carbocycles. The third kappa shape index (κ3) is 4.68. The Hall–Kier alpha value is -1.64. The van der Waals surface area contributed by atoms with E-state index in [4.69, 9.17) is 4.74 Å². The second-order valence-corrected chi connectivity index (χ2v) is 8.29. The first-order chi connectivity index (χ1) is 11.2. The number of anilines is 1. The molecule has 1 aliphatic heterocycles. The van der Waals surface area contributed by atoms with Crippen LogP contribution in [0.2, 0.25) is 0 Å². The van der Waals surface area contributed by atoms with E-state index in [1.165, 1.54) is 16.4 Å². The molecule has 1 aliphatic rings. The molecule has 2 N–H and O–H groups in total. The maximum absolute atomic E-state index is 12.7. The monoisotopic (exact) mass is 355 g/mol. The quantitative estimate of drug-likeness (QED) is 0.865. The maximum Gasteiger partial charge on any atom is 0.319 e. The third-order valence-corrected chi connectivity index (χ3v) is 5.40. The number of carbonyl (C=O) groups excluding carboxylic acids is 1. The van der Waals surface area contributed by atoms with Gasteiger partial charge in [-0.25, -0.2) is 13.2 Å². The number of hydrogen-bond acceptors (Lipinski definition) is 4. The van der Waals surface area contributed by atoms with E-state index in [0.29, 0.717) is 18.8 Å². The first kappa shape index (κ1) is 18.7. The standard InChI is InChI=1S/C16H25N3O4S/c1-11(2)17-16(20)18-14-5-7-15(8-6-14)24(21,22)19-9-12(3)23-13(4)10-19/h5-8,11-13H,9-10H2,1-4H3,(H2,17,18,20)/t12-,13+. The highest BCUT2D eigenvalue weighted by molar-refractivity contribution is 7.89. The summed E-state index contributed by atoms with van der Waals surface area (Å²) in [5.41, 5.74) is 0.538. The van der Waals surface area contributed by atoms with Crippen molar-refractivity contribution in [3.05, 3.63) is 24.3 Å². The number of urea groups is 1. The minimum atomic E-state index is -3.57. The van der Waals surface area contributed by atoms with Crippen LogP contribution in [0.4, 0.5) is 10.5 Å². The van der Waals surface area contributed by atoms with Crippen molar-refractivity contribution in [1.29, 1.82) is 0 Å². The van der Waals surface area contributed by atoms with E-state index in [2.05, 4.69) is 10.6 Å². The summed E-state index contributed by atoms with van der Waals surface area (Å²) in [5, 5.41) is 5.37. The predicted molar refractivity (Wildman–Crippen MR) is 92.5 cm³/mol. The Kier molecular flexibility index (Phi) is 5.84. The van der Waals surface area contributed by atoms with Crippen molar-refractivity contribution >= 4 is 21.7 Å². The Morgan fingerprint density at radius 2 is 1.71 bits per heavy atom. The summed E-state index contributed by atoms with van der Waals surface area (Å²) >= 11 is 0. The second kappa shape index (κ2) is 7.50. The van der Waals surface area contributed by atoms with Gasteiger partial charge in [0.15, 0.2) is 0 Å². The first-order valence-corrected chi connectivity index (χ1v) is 9.45. The molecule has 24 heavy (non-hydrogen) atoms. The number of nitrogens with one attached hydrogen (secondary N) is 2. The minimum absolute atomic E-state index is 0.0231. The van der Waals surface area contributed by atoms with Crippen LogP contribution in [0.5, 0.6) is 0 Å². The van der Waals surface area contributed by atoms with Gasteiger partial charge in [0.1, 0.15) is 0 Å². The molecule has 1 aromatic rings. The number of benzene rings is 1. The van der Waals surface area contributed by atoms with Gasteiger partial charge in [-0.05, 0) is 52.0 Å². The smallest absolute Gasteiger partial charge is 0.319 e. The minimum Gasteiger partial charge on any atom is -0.373 e. The molecule has 0 radical (unpaired) electrons. The van der Waals surface area contributed by atoms with Gasteiger partial charge in [0.2, 0.25) is 10.0 Å². The molecule has 0 bridgehead atoms. The van der Waals surface area contributed by atoms with E-state index in [0.717, 1.165) is 0 Å². The Labute approximate surface area is 143 Å². The number of ether oxygens (including phenoxy) is 1. The Morgan fingerprint density at radius 1 is 1.17 bits per heavy atom. The van der Waals surface area contributed by atoms with Gasteiger partial charge in [0.05, 0.1) is 17.1 Å². The van der Waals surface area contributed by atoms with Crippen LogP contribution in [0.25, 0.3) is 0 Å². The topological polar surface area (TPSA) is 87.7 Å². The number of sulfonamides is 1. The van der Waals surface area contributed by atoms with Crippen molar-refractivity contribution in [3.8, 4) is 0 Å². The third-order valence-electron chi connectivity index (χ3n) is 3.56. The fraction of sp³-hybridized carbons (Fsp3) is 0.562. The number of amides is 2. The Bertz CT molecular complexity index is 663. The van der Waals surface area contributed by atoms with Crippen LogP contribution >= 0.6 is 0 Å². The number of rotatable bonds is 4. The van der Waals surface area contributed by atoms with Crippen LogP contribution in [-0.4, -0.2) is 50.1 Å². The molecule has 2 amide bonds. The van der Waals surface area contributed by atoms with Crippen LogP contribution in [0.3, 0.4) is 0 Å². The van der Waals surface area contributed by atoms with E-state index in [1.807, 2.05) is 27.7 Å². The molecule has 0 unspecified atom stereocenters. The average molecular weight is 355 g/mol. The van der Waals surface area contributed by atoms with Crippen LogP contribution in [-0.2, 0) is 14.8 Å². The number of nitrogens with zero attached hydrogens (tertiary/aromatic N) is 1. The van der Waals surface area contributed by atoms with Crippen molar-refractivity contribution in [2.24, 2.45) is 0 Å². The highest BCUT2D eigenvalue weighted by Gasteiger charge is 2.32. The van der Waals surface area contributed by atoms with Gasteiger partial charge in [-0.15, -0.1) is 0 Å². The average Bonchev–Trinajstić information content (AvgIpc) is 2.45. The predicted octanol–water partition coefficient (Wildman–Crippen LogP) is 2.01. The molecule has 1 saturated heterocycles. The van der Waals surface area contributed by atoms with Crippen molar-refractivity contribution in [3.63, 3.8) is 0 Å². The van der Waals surface area contributed by atoms with Gasteiger partial charge in [0, 0.05) is 24.8 Å². The summed E-state index contributed by atoms with van der Waals surface area (Å²) in [6, 6.07) is 5.88. The highest BCUT2D eigenvalue weighted by Crippen LogP contribution is 2.22. The van der Waals surface area contributed by atoms with Gasteiger partial charge in [-0.1, -0.05) is 0 Å². The molecule has 1 heterocycles. The van der Waals surface area contributed by atoms with Crippen LogP contribution in [0, 0.1) is 0 Å². The largest absolute Gasteiger partial charge is 0.373 e. The Balaban J connectivity index is 2.10. The van der Waals surface area contributed by atoms with Crippen LogP contribution in [0.1, 0.15) is 27.7 Å². The van der Waals surface area contributed by atoms with Gasteiger partial charge in [-0.2, -0.15) is 4.31 Å². The van der Waals surface area contributed by atoms with E-state index in [9.17, 15) is 13.2 Å². The molecule has 0 aliphatic carbocycles. The van der Waals surface area contributed by atoms with Gasteiger partial charge in [0.25, 0.3) is 0 Å². The first-order valence-electron chi connectivity index (χ1n) is 8.01. The molecular weight excluding hydrogens is 330 g/mol. The zero-order valence-electron chi connectivity index (χ0n) is 14.4. The zero-order chi connectivity index (χ0) is 17.9. The lowest BCUT2D eigenvalue weighted by atomic mass is 10.3. The lowest BCUT2D eigenvalue weighted by Gasteiger charge is -2.34. The van der Waals surface area contributed by atoms with Gasteiger partial charge >= 0.3 is 6.03 Å². The fourth-order valence-corrected chi connectivity index (χ4v) is 4.21. The summed E-state index contributed by atoms with van der Waals surface area (Å²) in [5.74, 6) is 0. The molecule has 7 nitrogen and oxygen atoms in total. The molecule has 2 atom stereocenters. The molecule has 0 aromatic heterocycles. The van der Waals surface area contributed by atoms with Crippen molar-refractivity contribution < 1.29 is 17.9 Å². The van der Waals surface area contributed by atoms with Crippen LogP contribution in [0.15, 0.2) is 29.2 Å². The summed E-state index contributed by atoms with van der Waals surface area (Å²) in [6.07, 6.45) is -0.270. The lowest BCUT2D eigenvalue weighted by Crippen LogP contribution is -2.48. The van der Waals surface area contributed by atoms with E-state index >= 15 is 0 Å². The molecule has 2 rings (SSSR count). The summed E-state index contributed by atoms with van der Waals surface area (Å²) in [4.78, 5) is 11.9. The SMILES string of the molecule is CC(C)NC(=O)Nc1ccc(S(=O)(=O)N2C[C@@H](C)O[C@@H](C)C2)cc1. The molecule has 134 valence electrons. The summed E-state index contributed by atoms with van der Waals surface area (Å²) in [6.45, 7) is 8.11. The maximum atomic E-state index is 12.7. The normalized spacial score (nSPS) is 22.4. The number of carbonyl (C=O) groups is 1. The van der Waals surface area contributed by atoms with E-state index < -0.39 is 10.0 Å². The zero-order valence-corrected chi connectivity index (χ0v) is 15.3. The van der Waals surface area contributed by atoms with E-state index in [-0.39, 0.29) is 29.2 Å². The Morgan fingerprint density at radius 3 is 2.21 bits per heavy atom. The highest BCUT2D eigenvalue weighted by atomic mass is 32.2. The number of morpholine rings is 1. The molecule has 0 spiro atoms. The van der Waals surface area contributed by atoms with Gasteiger partial charge in [-0.3, -0.25) is 0 Å². The lowest BCUT2D eigenvalue weighted by molar-refractivity contribution is -0.0440. The molecule has 1 fully saturated rings.